The minimum absolute atomic E-state index is 0.0135. The zero-order chi connectivity index (χ0) is 49.5. The third kappa shape index (κ3) is 16.3. The summed E-state index contributed by atoms with van der Waals surface area (Å²) < 4.78 is 17.4. The average Bonchev–Trinajstić information content (AvgIpc) is 3.50. The number of carbonyl (C=O) groups is 7. The van der Waals surface area contributed by atoms with Gasteiger partial charge in [0.25, 0.3) is 0 Å². The Balaban J connectivity index is 2.21. The Hall–Kier alpha value is -4.61. The van der Waals surface area contributed by atoms with E-state index in [1.807, 2.05) is 97.7 Å². The van der Waals surface area contributed by atoms with Crippen molar-refractivity contribution in [2.24, 2.45) is 23.7 Å². The number of hydrogen-bond donors (Lipinski definition) is 3. The summed E-state index contributed by atoms with van der Waals surface area (Å²) in [5.41, 5.74) is 0.0585. The van der Waals surface area contributed by atoms with Gasteiger partial charge in [0.2, 0.25) is 35.4 Å². The summed E-state index contributed by atoms with van der Waals surface area (Å²) in [5.74, 6) is -4.21. The third-order valence-corrected chi connectivity index (χ3v) is 12.0. The molecule has 0 aliphatic carbocycles. The van der Waals surface area contributed by atoms with E-state index < -0.39 is 89.5 Å². The van der Waals surface area contributed by atoms with Gasteiger partial charge in [0, 0.05) is 33.7 Å². The Bertz CT molecular complexity index is 1740. The van der Waals surface area contributed by atoms with Crippen molar-refractivity contribution in [3.8, 4) is 0 Å². The Morgan fingerprint density at radius 3 is 1.86 bits per heavy atom. The molecule has 17 heteroatoms. The molecule has 0 bridgehead atoms. The van der Waals surface area contributed by atoms with E-state index in [0.717, 1.165) is 5.56 Å². The van der Waals surface area contributed by atoms with E-state index in [9.17, 15) is 33.6 Å². The fourth-order valence-electron chi connectivity index (χ4n) is 7.75. The normalized spacial score (nSPS) is 18.8. The van der Waals surface area contributed by atoms with Gasteiger partial charge < -0.3 is 44.9 Å². The highest BCUT2D eigenvalue weighted by Crippen LogP contribution is 2.34. The van der Waals surface area contributed by atoms with E-state index in [2.05, 4.69) is 16.0 Å². The van der Waals surface area contributed by atoms with Crippen molar-refractivity contribution in [3.63, 3.8) is 0 Å². The lowest BCUT2D eigenvalue weighted by atomic mass is 9.97. The quantitative estimate of drug-likeness (QED) is 0.121. The first-order chi connectivity index (χ1) is 30.3. The fraction of sp³-hybridized carbons (Fsp3) is 0.729. The van der Waals surface area contributed by atoms with E-state index in [1.165, 1.54) is 42.8 Å². The van der Waals surface area contributed by atoms with Gasteiger partial charge in [0.05, 0.1) is 19.3 Å². The summed E-state index contributed by atoms with van der Waals surface area (Å²) in [6.45, 7) is 22.7. The van der Waals surface area contributed by atoms with E-state index in [0.29, 0.717) is 13.2 Å². The molecule has 17 nitrogen and oxygen atoms in total. The second kappa shape index (κ2) is 25.9. The van der Waals surface area contributed by atoms with Gasteiger partial charge in [0.1, 0.15) is 48.6 Å². The number of nitrogens with one attached hydrogen (secondary N) is 3. The van der Waals surface area contributed by atoms with Gasteiger partial charge in [-0.25, -0.2) is 4.79 Å². The standard InChI is InChI=1S/C48H81N7O10/c1-17-35(50-44(59)40-41(32(9)27-63-18-2)65-48(11,12)55(40)16)45(60)52(13)26-38(56)53(14)36(24-29(3)4)43(58)51-39(31(7)8)46(61)54(15)37(25-30(5)6)42(57)49-33(10)47(62)64-28-34-22-20-19-21-23-34/h19-23,29-33,35-37,39-41H,17-18,24-28H2,1-16H3,(H,49,57)(H,50,59)(H,51,58)/t32-,33+,35+,36+,37+,39+,40+,41-/m1/s1. The van der Waals surface area contributed by atoms with Gasteiger partial charge in [0.15, 0.2) is 0 Å². The summed E-state index contributed by atoms with van der Waals surface area (Å²) in [6.07, 6.45) is 0.297. The van der Waals surface area contributed by atoms with Gasteiger partial charge in [-0.1, -0.05) is 85.7 Å². The van der Waals surface area contributed by atoms with Crippen LogP contribution in [0, 0.1) is 23.7 Å². The number of nitrogens with zero attached hydrogens (tertiary/aromatic N) is 4. The molecule has 6 amide bonds. The number of carbonyl (C=O) groups excluding carboxylic acids is 7. The second-order valence-corrected chi connectivity index (χ2v) is 19.2. The van der Waals surface area contributed by atoms with Gasteiger partial charge in [-0.05, 0) is 77.3 Å². The van der Waals surface area contributed by atoms with Gasteiger partial charge >= 0.3 is 5.97 Å². The molecule has 1 aliphatic rings. The smallest absolute Gasteiger partial charge is 0.328 e. The van der Waals surface area contributed by atoms with Crippen LogP contribution in [-0.2, 0) is 54.4 Å². The maximum absolute atomic E-state index is 14.3. The molecule has 1 saturated heterocycles. The van der Waals surface area contributed by atoms with Crippen molar-refractivity contribution in [1.82, 2.24) is 35.6 Å². The van der Waals surface area contributed by atoms with Crippen molar-refractivity contribution < 1.29 is 47.8 Å². The van der Waals surface area contributed by atoms with Gasteiger partial charge in [-0.3, -0.25) is 33.7 Å². The molecule has 0 unspecified atom stereocenters. The summed E-state index contributed by atoms with van der Waals surface area (Å²) >= 11 is 0. The first-order valence-corrected chi connectivity index (χ1v) is 23.2. The van der Waals surface area contributed by atoms with E-state index in [1.54, 1.807) is 20.8 Å². The summed E-state index contributed by atoms with van der Waals surface area (Å²) in [6, 6.07) is 3.47. The molecule has 8 atom stereocenters. The molecule has 368 valence electrons. The van der Waals surface area contributed by atoms with Crippen LogP contribution in [0.3, 0.4) is 0 Å². The largest absolute Gasteiger partial charge is 0.459 e. The number of hydrogen-bond acceptors (Lipinski definition) is 11. The molecular weight excluding hydrogens is 835 g/mol. The predicted molar refractivity (Wildman–Crippen MR) is 249 cm³/mol. The van der Waals surface area contributed by atoms with Crippen LogP contribution in [-0.4, -0.2) is 157 Å². The minimum atomic E-state index is -1.07. The summed E-state index contributed by atoms with van der Waals surface area (Å²) in [5, 5.41) is 8.49. The molecule has 1 aromatic carbocycles. The minimum Gasteiger partial charge on any atom is -0.459 e. The lowest BCUT2D eigenvalue weighted by molar-refractivity contribution is -0.150. The number of amides is 6. The Morgan fingerprint density at radius 1 is 0.785 bits per heavy atom. The number of benzene rings is 1. The topological polar surface area (TPSA) is 196 Å². The Morgan fingerprint density at radius 2 is 1.34 bits per heavy atom. The van der Waals surface area contributed by atoms with Crippen LogP contribution < -0.4 is 16.0 Å². The first kappa shape index (κ1) is 56.5. The molecule has 0 saturated carbocycles. The maximum atomic E-state index is 14.3. The Labute approximate surface area is 388 Å². The maximum Gasteiger partial charge on any atom is 0.328 e. The van der Waals surface area contributed by atoms with Crippen LogP contribution in [0.5, 0.6) is 0 Å². The molecule has 0 aromatic heterocycles. The SMILES string of the molecule is CCOC[C@@H](C)[C@H]1OC(C)(C)N(C)[C@@H]1C(=O)N[C@@H](CC)C(=O)N(C)CC(=O)N(C)[C@@H](CC(C)C)C(=O)N[C@H](C(=O)N(C)[C@@H](CC(C)C)C(=O)N[C@@H](C)C(=O)OCc1ccccc1)C(C)C. The van der Waals surface area contributed by atoms with Crippen LogP contribution >= 0.6 is 0 Å². The van der Waals surface area contributed by atoms with Crippen LogP contribution in [0.2, 0.25) is 0 Å². The molecule has 2 rings (SSSR count). The number of ether oxygens (including phenoxy) is 3. The highest BCUT2D eigenvalue weighted by Gasteiger charge is 2.51. The van der Waals surface area contributed by atoms with E-state index in [4.69, 9.17) is 14.2 Å². The molecule has 1 heterocycles. The highest BCUT2D eigenvalue weighted by atomic mass is 16.5. The fourth-order valence-corrected chi connectivity index (χ4v) is 7.75. The number of rotatable bonds is 25. The summed E-state index contributed by atoms with van der Waals surface area (Å²) in [7, 11) is 6.27. The van der Waals surface area contributed by atoms with Crippen LogP contribution in [0.4, 0.5) is 0 Å². The zero-order valence-corrected chi connectivity index (χ0v) is 42.1. The highest BCUT2D eigenvalue weighted by molar-refractivity contribution is 5.96. The van der Waals surface area contributed by atoms with Gasteiger partial charge in [-0.2, -0.15) is 0 Å². The van der Waals surface area contributed by atoms with E-state index >= 15 is 0 Å². The predicted octanol–water partition coefficient (Wildman–Crippen LogP) is 3.58. The average molecular weight is 916 g/mol. The van der Waals surface area contributed by atoms with Crippen LogP contribution in [0.1, 0.15) is 108 Å². The molecule has 0 spiro atoms. The van der Waals surface area contributed by atoms with E-state index in [-0.39, 0.29) is 56.1 Å². The zero-order valence-electron chi connectivity index (χ0n) is 42.1. The van der Waals surface area contributed by atoms with Crippen molar-refractivity contribution >= 4 is 41.4 Å². The monoisotopic (exact) mass is 916 g/mol. The van der Waals surface area contributed by atoms with Crippen LogP contribution in [0.25, 0.3) is 0 Å². The Kier molecular flexibility index (Phi) is 22.5. The van der Waals surface area contributed by atoms with Crippen LogP contribution in [0.15, 0.2) is 30.3 Å². The van der Waals surface area contributed by atoms with Crippen molar-refractivity contribution in [2.45, 2.75) is 157 Å². The molecule has 65 heavy (non-hydrogen) atoms. The number of likely N-dealkylation sites (N-methyl/N-ethyl adjacent to an activating group) is 4. The first-order valence-electron chi connectivity index (χ1n) is 23.2. The van der Waals surface area contributed by atoms with Crippen molar-refractivity contribution in [3.05, 3.63) is 35.9 Å². The number of esters is 1. The molecule has 3 N–H and O–H groups in total. The molecule has 0 radical (unpaired) electrons. The molecule has 1 aliphatic heterocycles. The third-order valence-electron chi connectivity index (χ3n) is 12.0. The van der Waals surface area contributed by atoms with Gasteiger partial charge in [-0.15, -0.1) is 0 Å². The molecular formula is C48H81N7O10. The van der Waals surface area contributed by atoms with Crippen molar-refractivity contribution in [1.29, 1.82) is 0 Å². The summed E-state index contributed by atoms with van der Waals surface area (Å²) in [4.78, 5) is 102. The molecule has 1 aromatic rings. The second-order valence-electron chi connectivity index (χ2n) is 19.2. The lowest BCUT2D eigenvalue weighted by Gasteiger charge is -2.35. The van der Waals surface area contributed by atoms with Crippen molar-refractivity contribution in [2.75, 3.05) is 47.9 Å². The molecule has 1 fully saturated rings. The lowest BCUT2D eigenvalue weighted by Crippen LogP contribution is -2.60.